The van der Waals surface area contributed by atoms with Crippen LogP contribution in [0.4, 0.5) is 0 Å². The molecule has 2 unspecified atom stereocenters. The zero-order chi connectivity index (χ0) is 36.4. The van der Waals surface area contributed by atoms with Gasteiger partial charge in [-0.1, -0.05) is 140 Å². The number of unbranched alkanes of at least 4 members (excludes halogenated alkanes) is 16. The van der Waals surface area contributed by atoms with Crippen molar-refractivity contribution in [3.63, 3.8) is 0 Å². The standard InChI is InChI=1S/C41H73NO7/c1-6-8-10-12-14-16-18-20-22-24-26-28-30-32-40(44)49-37(35-47-34-33-38(41(45)46)42(3,4)5)36-48-39(43)31-29-27-25-23-21-19-17-15-13-11-9-7-2/h8,10,12,14,16,18,37-38H,6-7,9,11,13,15,17,19-36H2,1-5H3/p+1/b10-8+,14-12+,18-16+. The highest BCUT2D eigenvalue weighted by Crippen LogP contribution is 2.14. The van der Waals surface area contributed by atoms with E-state index in [0.29, 0.717) is 19.3 Å². The van der Waals surface area contributed by atoms with Crippen LogP contribution in [0.1, 0.15) is 155 Å². The highest BCUT2D eigenvalue weighted by Gasteiger charge is 2.31. The Hall–Kier alpha value is -2.45. The Morgan fingerprint density at radius 3 is 1.67 bits per heavy atom. The van der Waals surface area contributed by atoms with Gasteiger partial charge in [0.25, 0.3) is 0 Å². The van der Waals surface area contributed by atoms with E-state index < -0.39 is 18.1 Å². The Bertz CT molecular complexity index is 906. The SMILES string of the molecule is CC/C=C/C=C/C=C/CCCCCCCC(=O)OC(COCCC(C(=O)O)[N+](C)(C)C)COC(=O)CCCCCCCCCCCCCC. The Morgan fingerprint density at radius 2 is 1.14 bits per heavy atom. The van der Waals surface area contributed by atoms with Crippen LogP contribution in [0.15, 0.2) is 36.5 Å². The molecule has 0 aliphatic carbocycles. The molecule has 0 radical (unpaired) electrons. The zero-order valence-corrected chi connectivity index (χ0v) is 32.1. The van der Waals surface area contributed by atoms with Gasteiger partial charge in [-0.15, -0.1) is 0 Å². The van der Waals surface area contributed by atoms with Gasteiger partial charge in [-0.3, -0.25) is 9.59 Å². The molecule has 0 fully saturated rings. The number of esters is 2. The van der Waals surface area contributed by atoms with Gasteiger partial charge in [-0.2, -0.15) is 0 Å². The first-order chi connectivity index (χ1) is 23.6. The second-order valence-corrected chi connectivity index (χ2v) is 14.2. The van der Waals surface area contributed by atoms with E-state index in [2.05, 4.69) is 44.2 Å². The molecule has 49 heavy (non-hydrogen) atoms. The van der Waals surface area contributed by atoms with Gasteiger partial charge in [-0.05, 0) is 32.1 Å². The molecule has 0 bridgehead atoms. The molecular formula is C41H74NO7+. The lowest BCUT2D eigenvalue weighted by Gasteiger charge is -2.31. The molecule has 8 nitrogen and oxygen atoms in total. The second-order valence-electron chi connectivity index (χ2n) is 14.2. The van der Waals surface area contributed by atoms with Crippen molar-refractivity contribution in [3.8, 4) is 0 Å². The van der Waals surface area contributed by atoms with Crippen LogP contribution in [0.2, 0.25) is 0 Å². The topological polar surface area (TPSA) is 99.1 Å². The van der Waals surface area contributed by atoms with E-state index in [1.807, 2.05) is 27.2 Å². The molecule has 0 aliphatic rings. The first kappa shape index (κ1) is 46.5. The van der Waals surface area contributed by atoms with Crippen molar-refractivity contribution in [2.24, 2.45) is 0 Å². The maximum absolute atomic E-state index is 12.6. The normalized spacial score (nSPS) is 13.4. The van der Waals surface area contributed by atoms with Gasteiger partial charge in [0.2, 0.25) is 0 Å². The average molecular weight is 693 g/mol. The van der Waals surface area contributed by atoms with Crippen molar-refractivity contribution in [2.45, 2.75) is 167 Å². The maximum atomic E-state index is 12.6. The maximum Gasteiger partial charge on any atom is 0.362 e. The van der Waals surface area contributed by atoms with E-state index >= 15 is 0 Å². The van der Waals surface area contributed by atoms with Gasteiger partial charge >= 0.3 is 17.9 Å². The van der Waals surface area contributed by atoms with Gasteiger partial charge < -0.3 is 23.8 Å². The lowest BCUT2D eigenvalue weighted by atomic mass is 10.0. The third kappa shape index (κ3) is 31.3. The van der Waals surface area contributed by atoms with Crippen molar-refractivity contribution in [1.29, 1.82) is 0 Å². The summed E-state index contributed by atoms with van der Waals surface area (Å²) in [6.45, 7) is 4.57. The summed E-state index contributed by atoms with van der Waals surface area (Å²) in [5, 5.41) is 9.58. The van der Waals surface area contributed by atoms with Crippen molar-refractivity contribution in [1.82, 2.24) is 0 Å². The van der Waals surface area contributed by atoms with Crippen LogP contribution >= 0.6 is 0 Å². The minimum absolute atomic E-state index is 0.0543. The van der Waals surface area contributed by atoms with Crippen LogP contribution in [-0.2, 0) is 28.6 Å². The van der Waals surface area contributed by atoms with E-state index in [4.69, 9.17) is 14.2 Å². The Balaban J connectivity index is 4.44. The summed E-state index contributed by atoms with van der Waals surface area (Å²) in [5.74, 6) is -1.49. The molecule has 0 aromatic rings. The van der Waals surface area contributed by atoms with Crippen LogP contribution in [0.3, 0.4) is 0 Å². The Kier molecular flexibility index (Phi) is 31.1. The van der Waals surface area contributed by atoms with Gasteiger partial charge in [0.15, 0.2) is 12.1 Å². The fraction of sp³-hybridized carbons (Fsp3) is 0.780. The van der Waals surface area contributed by atoms with Crippen LogP contribution in [0, 0.1) is 0 Å². The molecule has 0 saturated carbocycles. The van der Waals surface area contributed by atoms with Crippen molar-refractivity contribution in [3.05, 3.63) is 36.5 Å². The van der Waals surface area contributed by atoms with Crippen LogP contribution < -0.4 is 0 Å². The van der Waals surface area contributed by atoms with Gasteiger partial charge in [0, 0.05) is 19.3 Å². The van der Waals surface area contributed by atoms with Crippen LogP contribution in [-0.4, -0.2) is 80.6 Å². The first-order valence-corrected chi connectivity index (χ1v) is 19.6. The lowest BCUT2D eigenvalue weighted by Crippen LogP contribution is -2.50. The molecule has 0 heterocycles. The lowest BCUT2D eigenvalue weighted by molar-refractivity contribution is -0.887. The summed E-state index contributed by atoms with van der Waals surface area (Å²) in [4.78, 5) is 36.8. The number of rotatable bonds is 34. The first-order valence-electron chi connectivity index (χ1n) is 19.6. The number of carbonyl (C=O) groups is 3. The molecule has 0 spiro atoms. The summed E-state index contributed by atoms with van der Waals surface area (Å²) in [6, 6.07) is -0.616. The zero-order valence-electron chi connectivity index (χ0n) is 32.1. The number of quaternary nitrogens is 1. The molecule has 0 aromatic carbocycles. The summed E-state index contributed by atoms with van der Waals surface area (Å²) >= 11 is 0. The smallest absolute Gasteiger partial charge is 0.362 e. The number of allylic oxidation sites excluding steroid dienone is 6. The minimum Gasteiger partial charge on any atom is -0.477 e. The van der Waals surface area contributed by atoms with Gasteiger partial charge in [0.1, 0.15) is 6.61 Å². The minimum atomic E-state index is -0.880. The largest absolute Gasteiger partial charge is 0.477 e. The number of carboxylic acids is 1. The summed E-state index contributed by atoms with van der Waals surface area (Å²) in [6.07, 6.45) is 34.7. The summed E-state index contributed by atoms with van der Waals surface area (Å²) in [5.41, 5.74) is 0. The number of aliphatic carboxylic acids is 1. The molecule has 284 valence electrons. The fourth-order valence-electron chi connectivity index (χ4n) is 5.56. The fourth-order valence-corrected chi connectivity index (χ4v) is 5.56. The monoisotopic (exact) mass is 693 g/mol. The average Bonchev–Trinajstić information content (AvgIpc) is 3.05. The highest BCUT2D eigenvalue weighted by molar-refractivity contribution is 5.72. The molecule has 0 aliphatic heterocycles. The molecular weight excluding hydrogens is 618 g/mol. The van der Waals surface area contributed by atoms with E-state index in [1.165, 1.54) is 57.8 Å². The van der Waals surface area contributed by atoms with E-state index in [1.54, 1.807) is 0 Å². The van der Waals surface area contributed by atoms with Crippen molar-refractivity contribution >= 4 is 17.9 Å². The number of carboxylic acid groups (broad SMARTS) is 1. The van der Waals surface area contributed by atoms with Gasteiger partial charge in [-0.25, -0.2) is 4.79 Å². The van der Waals surface area contributed by atoms with Crippen LogP contribution in [0.5, 0.6) is 0 Å². The molecule has 1 N–H and O–H groups in total. The number of likely N-dealkylation sites (N-methyl/N-ethyl adjacent to an activating group) is 1. The van der Waals surface area contributed by atoms with Crippen molar-refractivity contribution < 1.29 is 38.2 Å². The molecule has 2 atom stereocenters. The predicted molar refractivity (Wildman–Crippen MR) is 201 cm³/mol. The number of nitrogens with zero attached hydrogens (tertiary/aromatic N) is 1. The predicted octanol–water partition coefficient (Wildman–Crippen LogP) is 9.91. The number of ether oxygens (including phenoxy) is 3. The quantitative estimate of drug-likeness (QED) is 0.0310. The number of carbonyl (C=O) groups excluding carboxylic acids is 2. The molecule has 0 amide bonds. The summed E-state index contributed by atoms with van der Waals surface area (Å²) < 4.78 is 17.2. The summed E-state index contributed by atoms with van der Waals surface area (Å²) in [7, 11) is 5.51. The number of hydrogen-bond acceptors (Lipinski definition) is 6. The Labute approximate surface area is 300 Å². The van der Waals surface area contributed by atoms with E-state index in [-0.39, 0.29) is 36.2 Å². The molecule has 0 aromatic heterocycles. The second kappa shape index (κ2) is 32.7. The molecule has 8 heteroatoms. The third-order valence-electron chi connectivity index (χ3n) is 8.62. The van der Waals surface area contributed by atoms with Crippen molar-refractivity contribution in [2.75, 3.05) is 41.0 Å². The van der Waals surface area contributed by atoms with E-state index in [9.17, 15) is 19.5 Å². The van der Waals surface area contributed by atoms with Gasteiger partial charge in [0.05, 0.1) is 34.4 Å². The third-order valence-corrected chi connectivity index (χ3v) is 8.62. The molecule has 0 rings (SSSR count). The number of hydrogen-bond donors (Lipinski definition) is 1. The van der Waals surface area contributed by atoms with E-state index in [0.717, 1.165) is 64.2 Å². The van der Waals surface area contributed by atoms with Crippen LogP contribution in [0.25, 0.3) is 0 Å². The molecule has 0 saturated heterocycles. The highest BCUT2D eigenvalue weighted by atomic mass is 16.6. The Morgan fingerprint density at radius 1 is 0.633 bits per heavy atom.